The molecule has 0 fully saturated rings. The second kappa shape index (κ2) is 11.9. The molecule has 0 spiro atoms. The van der Waals surface area contributed by atoms with Crippen LogP contribution in [0.25, 0.3) is 10.2 Å². The molecule has 0 bridgehead atoms. The van der Waals surface area contributed by atoms with Gasteiger partial charge >= 0.3 is 6.03 Å². The highest BCUT2D eigenvalue weighted by Gasteiger charge is 2.33. The molecular weight excluding hydrogens is 580 g/mol. The Balaban J connectivity index is 1.28. The molecule has 4 amide bonds. The van der Waals surface area contributed by atoms with Gasteiger partial charge in [-0.15, -0.1) is 11.3 Å². The maximum absolute atomic E-state index is 13.6. The third-order valence-corrected chi connectivity index (χ3v) is 8.22. The van der Waals surface area contributed by atoms with Crippen LogP contribution < -0.4 is 20.3 Å². The zero-order valence-electron chi connectivity index (χ0n) is 23.8. The third kappa shape index (κ3) is 5.32. The summed E-state index contributed by atoms with van der Waals surface area (Å²) in [6, 6.07) is 18.1. The molecule has 0 atom stereocenters. The summed E-state index contributed by atoms with van der Waals surface area (Å²) >= 11 is 1.17. The lowest BCUT2D eigenvalue weighted by molar-refractivity contribution is -0.124. The molecule has 0 radical (unpaired) electrons. The van der Waals surface area contributed by atoms with Crippen LogP contribution >= 0.6 is 11.3 Å². The Bertz CT molecular complexity index is 1910. The highest BCUT2D eigenvalue weighted by Crippen LogP contribution is 2.46. The zero-order chi connectivity index (χ0) is 30.8. The third-order valence-electron chi connectivity index (χ3n) is 7.12. The largest absolute Gasteiger partial charge is 0.503 e. The van der Waals surface area contributed by atoms with Gasteiger partial charge in [-0.05, 0) is 61.7 Å². The average Bonchev–Trinajstić information content (AvgIpc) is 3.40. The van der Waals surface area contributed by atoms with Crippen molar-refractivity contribution < 1.29 is 23.9 Å². The number of nitrogens with zero attached hydrogens (tertiary/aromatic N) is 4. The van der Waals surface area contributed by atoms with Crippen molar-refractivity contribution in [3.05, 3.63) is 95.0 Å². The highest BCUT2D eigenvalue weighted by atomic mass is 32.1. The second-order valence-corrected chi connectivity index (χ2v) is 11.0. The number of allylic oxidation sites excluding steroid dienone is 1. The lowest BCUT2D eigenvalue weighted by atomic mass is 10.1. The fourth-order valence-corrected chi connectivity index (χ4v) is 6.18. The van der Waals surface area contributed by atoms with Crippen molar-refractivity contribution >= 4 is 56.5 Å². The number of nitrogens with one attached hydrogen (secondary N) is 2. The van der Waals surface area contributed by atoms with E-state index >= 15 is 0 Å². The van der Waals surface area contributed by atoms with E-state index in [1.807, 2.05) is 55.5 Å². The number of pyridine rings is 1. The van der Waals surface area contributed by atoms with E-state index in [9.17, 15) is 19.6 Å². The van der Waals surface area contributed by atoms with E-state index in [4.69, 9.17) is 9.47 Å². The minimum absolute atomic E-state index is 0.148. The van der Waals surface area contributed by atoms with Gasteiger partial charge in [-0.1, -0.05) is 18.2 Å². The van der Waals surface area contributed by atoms with Crippen molar-refractivity contribution in [2.75, 3.05) is 23.9 Å². The molecule has 6 rings (SSSR count). The first-order valence-electron chi connectivity index (χ1n) is 13.7. The normalized spacial score (nSPS) is 14.4. The summed E-state index contributed by atoms with van der Waals surface area (Å²) in [5.74, 6) is 0.391. The summed E-state index contributed by atoms with van der Waals surface area (Å²) in [5, 5.41) is 15.7. The molecule has 0 saturated heterocycles. The number of ether oxygens (including phenoxy) is 2. The number of rotatable bonds is 7. The maximum Gasteiger partial charge on any atom is 0.331 e. The van der Waals surface area contributed by atoms with E-state index in [1.54, 1.807) is 23.2 Å². The van der Waals surface area contributed by atoms with Crippen LogP contribution in [-0.4, -0.2) is 41.4 Å². The van der Waals surface area contributed by atoms with Gasteiger partial charge < -0.3 is 25.0 Å². The zero-order valence-corrected chi connectivity index (χ0v) is 24.6. The molecule has 4 aromatic rings. The summed E-state index contributed by atoms with van der Waals surface area (Å²) in [6.07, 6.45) is 5.35. The first-order chi connectivity index (χ1) is 21.4. The number of carbonyl (C=O) groups is 3. The molecule has 2 aromatic heterocycles. The Hall–Kier alpha value is -5.67. The Morgan fingerprint density at radius 3 is 2.70 bits per heavy atom. The topological polar surface area (TPSA) is 137 Å². The van der Waals surface area contributed by atoms with Crippen LogP contribution in [0.3, 0.4) is 0 Å². The number of methoxy groups -OCH3 is 1. The molecule has 12 heteroatoms. The number of nitriles is 1. The number of urea groups is 1. The van der Waals surface area contributed by atoms with Gasteiger partial charge in [0.25, 0.3) is 11.8 Å². The SMILES string of the molecule is CO/C=C(\C#N)C(=O)N1C=C(NC(=O)c2sc3nccc4c3c2NC(=O)N4c2ccc(Oc3ccccc3)cc2C)CCC1. The average molecular weight is 607 g/mol. The Kier molecular flexibility index (Phi) is 7.70. The smallest absolute Gasteiger partial charge is 0.331 e. The molecule has 11 nitrogen and oxygen atoms in total. The summed E-state index contributed by atoms with van der Waals surface area (Å²) in [5.41, 5.74) is 2.83. The number of amides is 4. The molecule has 0 aliphatic carbocycles. The molecule has 44 heavy (non-hydrogen) atoms. The first kappa shape index (κ1) is 28.4. The number of carbonyl (C=O) groups excluding carboxylic acids is 3. The van der Waals surface area contributed by atoms with Crippen molar-refractivity contribution in [2.45, 2.75) is 19.8 Å². The van der Waals surface area contributed by atoms with Crippen molar-refractivity contribution in [1.82, 2.24) is 15.2 Å². The van der Waals surface area contributed by atoms with E-state index in [2.05, 4.69) is 15.6 Å². The molecule has 2 aliphatic rings. The quantitative estimate of drug-likeness (QED) is 0.143. The number of thiophene rings is 1. The summed E-state index contributed by atoms with van der Waals surface area (Å²) in [6.45, 7) is 2.30. The van der Waals surface area contributed by atoms with Gasteiger partial charge in [0.1, 0.15) is 33.5 Å². The second-order valence-electron chi connectivity index (χ2n) is 10.0. The van der Waals surface area contributed by atoms with E-state index in [0.717, 1.165) is 11.8 Å². The summed E-state index contributed by atoms with van der Waals surface area (Å²) < 4.78 is 10.8. The van der Waals surface area contributed by atoms with E-state index in [0.29, 0.717) is 63.9 Å². The number of hydrogen-bond donors (Lipinski definition) is 2. The van der Waals surface area contributed by atoms with Crippen LogP contribution in [0, 0.1) is 18.3 Å². The molecule has 2 aliphatic heterocycles. The number of benzene rings is 2. The van der Waals surface area contributed by atoms with Gasteiger partial charge in [-0.2, -0.15) is 5.26 Å². The van der Waals surface area contributed by atoms with Crippen LogP contribution in [0.1, 0.15) is 28.1 Å². The van der Waals surface area contributed by atoms with Crippen molar-refractivity contribution in [2.24, 2.45) is 0 Å². The molecular formula is C32H26N6O5S. The van der Waals surface area contributed by atoms with E-state index in [1.165, 1.54) is 29.5 Å². The molecule has 2 N–H and O–H groups in total. The number of aryl methyl sites for hydroxylation is 1. The Morgan fingerprint density at radius 2 is 1.95 bits per heavy atom. The van der Waals surface area contributed by atoms with Gasteiger partial charge in [0.05, 0.1) is 29.6 Å². The van der Waals surface area contributed by atoms with Crippen molar-refractivity contribution in [3.63, 3.8) is 0 Å². The van der Waals surface area contributed by atoms with Crippen LogP contribution in [-0.2, 0) is 9.53 Å². The van der Waals surface area contributed by atoms with Crippen molar-refractivity contribution in [3.8, 4) is 17.6 Å². The van der Waals surface area contributed by atoms with Gasteiger partial charge in [0.15, 0.2) is 5.57 Å². The fourth-order valence-electron chi connectivity index (χ4n) is 5.16. The van der Waals surface area contributed by atoms with Gasteiger partial charge in [-0.25, -0.2) is 9.78 Å². The van der Waals surface area contributed by atoms with Crippen LogP contribution in [0.15, 0.2) is 84.5 Å². The first-order valence-corrected chi connectivity index (χ1v) is 14.5. The predicted molar refractivity (Wildman–Crippen MR) is 166 cm³/mol. The summed E-state index contributed by atoms with van der Waals surface area (Å²) in [4.78, 5) is 48.1. The lowest BCUT2D eigenvalue weighted by Crippen LogP contribution is -2.36. The Labute approximate surface area is 256 Å². The van der Waals surface area contributed by atoms with Gasteiger partial charge in [0.2, 0.25) is 0 Å². The number of hydrogen-bond acceptors (Lipinski definition) is 8. The van der Waals surface area contributed by atoms with E-state index < -0.39 is 17.8 Å². The Morgan fingerprint density at radius 1 is 1.14 bits per heavy atom. The fraction of sp³-hybridized carbons (Fsp3) is 0.156. The molecule has 0 saturated carbocycles. The molecule has 220 valence electrons. The number of para-hydroxylation sites is 1. The highest BCUT2D eigenvalue weighted by molar-refractivity contribution is 7.21. The van der Waals surface area contributed by atoms with Gasteiger partial charge in [0, 0.05) is 24.6 Å². The minimum atomic E-state index is -0.520. The van der Waals surface area contributed by atoms with Crippen LogP contribution in [0.4, 0.5) is 21.9 Å². The van der Waals surface area contributed by atoms with E-state index in [-0.39, 0.29) is 10.5 Å². The molecule has 2 aromatic carbocycles. The molecule has 4 heterocycles. The van der Waals surface area contributed by atoms with Gasteiger partial charge in [-0.3, -0.25) is 14.5 Å². The maximum atomic E-state index is 13.6. The lowest BCUT2D eigenvalue weighted by Gasteiger charge is -2.29. The van der Waals surface area contributed by atoms with Crippen molar-refractivity contribution in [1.29, 1.82) is 5.26 Å². The number of anilines is 3. The number of aromatic nitrogens is 1. The van der Waals surface area contributed by atoms with Crippen LogP contribution in [0.2, 0.25) is 0 Å². The van der Waals surface area contributed by atoms with Crippen LogP contribution in [0.5, 0.6) is 11.5 Å². The predicted octanol–water partition coefficient (Wildman–Crippen LogP) is 6.33. The molecule has 0 unspecified atom stereocenters. The standard InChI is InChI=1S/C32H26N6O5S/c1-19-15-23(43-22-8-4-3-5-9-22)10-11-24(19)38-25-12-13-34-30-26(25)27(36-32(38)41)28(44-30)29(39)35-21-7-6-14-37(17-21)31(40)20(16-33)18-42-2/h3-5,8-13,15,17-18H,6-7,14H2,1-2H3,(H,35,39)(H,36,41)/b20-18+. The summed E-state index contributed by atoms with van der Waals surface area (Å²) in [7, 11) is 1.36. The monoisotopic (exact) mass is 606 g/mol. The minimum Gasteiger partial charge on any atom is -0.503 e.